The average molecular weight is 539 g/mol. The van der Waals surface area contributed by atoms with E-state index >= 15 is 0 Å². The third-order valence-corrected chi connectivity index (χ3v) is 8.01. The van der Waals surface area contributed by atoms with Crippen molar-refractivity contribution in [2.24, 2.45) is 0 Å². The lowest BCUT2D eigenvalue weighted by Gasteiger charge is -2.02. The van der Waals surface area contributed by atoms with Crippen molar-refractivity contribution in [3.8, 4) is 0 Å². The lowest BCUT2D eigenvalue weighted by atomic mass is 10.1. The summed E-state index contributed by atoms with van der Waals surface area (Å²) in [6.45, 7) is 4.53. The molecular formula is C35H58N2O2. The standard InChI is InChI=1S/C35H58N2O2/c1-3-5-7-9-11-13-15-17-19-21-23-30-25-27-32(36-30)34(38)29-35(39)33-28-26-31(37-33)24-22-20-18-16-14-12-10-8-6-4-2/h25-28,36-37H,3-24,29H2,1-2H3. The molecule has 39 heavy (non-hydrogen) atoms. The van der Waals surface area contributed by atoms with Gasteiger partial charge in [0.1, 0.15) is 0 Å². The molecule has 2 rings (SSSR count). The number of nitrogens with one attached hydrogen (secondary N) is 2. The smallest absolute Gasteiger partial charge is 0.186 e. The lowest BCUT2D eigenvalue weighted by molar-refractivity contribution is 0.0889. The zero-order valence-electron chi connectivity index (χ0n) is 25.4. The summed E-state index contributed by atoms with van der Waals surface area (Å²) in [5.74, 6) is -0.250. The van der Waals surface area contributed by atoms with Gasteiger partial charge in [-0.25, -0.2) is 0 Å². The summed E-state index contributed by atoms with van der Waals surface area (Å²) in [4.78, 5) is 31.9. The fourth-order valence-electron chi connectivity index (χ4n) is 5.44. The summed E-state index contributed by atoms with van der Waals surface area (Å²) < 4.78 is 0. The Morgan fingerprint density at radius 1 is 0.462 bits per heavy atom. The lowest BCUT2D eigenvalue weighted by Crippen LogP contribution is -2.09. The number of rotatable bonds is 26. The molecule has 0 radical (unpaired) electrons. The maximum atomic E-state index is 12.7. The number of aromatic amines is 2. The van der Waals surface area contributed by atoms with Crippen molar-refractivity contribution in [3.63, 3.8) is 0 Å². The van der Waals surface area contributed by atoms with E-state index in [1.54, 1.807) is 0 Å². The van der Waals surface area contributed by atoms with E-state index in [9.17, 15) is 9.59 Å². The molecule has 2 aromatic heterocycles. The first kappa shape index (κ1) is 33.1. The van der Waals surface area contributed by atoms with Gasteiger partial charge in [-0.1, -0.05) is 129 Å². The van der Waals surface area contributed by atoms with Gasteiger partial charge in [-0.3, -0.25) is 9.59 Å². The Morgan fingerprint density at radius 3 is 1.10 bits per heavy atom. The molecule has 0 fully saturated rings. The molecule has 0 amide bonds. The number of H-pyrrole nitrogens is 2. The second-order valence-electron chi connectivity index (χ2n) is 11.7. The Labute approximate surface area is 239 Å². The highest BCUT2D eigenvalue weighted by atomic mass is 16.1. The first-order valence-electron chi connectivity index (χ1n) is 16.6. The Balaban J connectivity index is 1.56. The van der Waals surface area contributed by atoms with Gasteiger partial charge in [-0.05, 0) is 49.9 Å². The second kappa shape index (κ2) is 21.7. The monoisotopic (exact) mass is 538 g/mol. The van der Waals surface area contributed by atoms with Crippen molar-refractivity contribution in [1.29, 1.82) is 0 Å². The number of ketones is 2. The van der Waals surface area contributed by atoms with Gasteiger partial charge < -0.3 is 9.97 Å². The van der Waals surface area contributed by atoms with Crippen LogP contribution in [0.3, 0.4) is 0 Å². The van der Waals surface area contributed by atoms with Crippen molar-refractivity contribution < 1.29 is 9.59 Å². The molecule has 0 aliphatic heterocycles. The second-order valence-corrected chi connectivity index (χ2v) is 11.7. The van der Waals surface area contributed by atoms with E-state index in [2.05, 4.69) is 23.8 Å². The van der Waals surface area contributed by atoms with Gasteiger partial charge in [0.25, 0.3) is 0 Å². The maximum absolute atomic E-state index is 12.7. The molecule has 2 heterocycles. The molecule has 0 bridgehead atoms. The van der Waals surface area contributed by atoms with Crippen LogP contribution in [0.15, 0.2) is 24.3 Å². The molecule has 4 heteroatoms. The van der Waals surface area contributed by atoms with Crippen LogP contribution in [0.25, 0.3) is 0 Å². The van der Waals surface area contributed by atoms with Crippen LogP contribution in [0.2, 0.25) is 0 Å². The Hall–Kier alpha value is -2.10. The highest BCUT2D eigenvalue weighted by molar-refractivity contribution is 6.12. The number of aromatic nitrogens is 2. The van der Waals surface area contributed by atoms with Gasteiger partial charge in [0.2, 0.25) is 0 Å². The molecule has 0 saturated heterocycles. The minimum Gasteiger partial charge on any atom is -0.356 e. The summed E-state index contributed by atoms with van der Waals surface area (Å²) in [5.41, 5.74) is 3.32. The highest BCUT2D eigenvalue weighted by Gasteiger charge is 2.16. The molecule has 0 aliphatic rings. The fourth-order valence-corrected chi connectivity index (χ4v) is 5.44. The molecule has 4 nitrogen and oxygen atoms in total. The molecule has 2 N–H and O–H groups in total. The van der Waals surface area contributed by atoms with Crippen LogP contribution in [-0.2, 0) is 12.8 Å². The third kappa shape index (κ3) is 15.3. The van der Waals surface area contributed by atoms with Crippen LogP contribution in [0, 0.1) is 0 Å². The third-order valence-electron chi connectivity index (χ3n) is 8.01. The van der Waals surface area contributed by atoms with Gasteiger partial charge in [0.15, 0.2) is 11.6 Å². The van der Waals surface area contributed by atoms with Gasteiger partial charge >= 0.3 is 0 Å². The van der Waals surface area contributed by atoms with E-state index in [4.69, 9.17) is 0 Å². The predicted molar refractivity (Wildman–Crippen MR) is 166 cm³/mol. The van der Waals surface area contributed by atoms with Crippen molar-refractivity contribution in [3.05, 3.63) is 47.0 Å². The number of hydrogen-bond acceptors (Lipinski definition) is 2. The molecule has 0 aromatic carbocycles. The number of unbranched alkanes of at least 4 members (excludes halogenated alkanes) is 18. The topological polar surface area (TPSA) is 65.7 Å². The molecule has 0 unspecified atom stereocenters. The zero-order chi connectivity index (χ0) is 28.0. The quantitative estimate of drug-likeness (QED) is 0.0710. The molecule has 0 saturated carbocycles. The fraction of sp³-hybridized carbons (Fsp3) is 0.714. The molecule has 2 aromatic rings. The number of carbonyl (C=O) groups excluding carboxylic acids is 2. The van der Waals surface area contributed by atoms with Crippen molar-refractivity contribution in [2.45, 2.75) is 162 Å². The molecule has 220 valence electrons. The van der Waals surface area contributed by atoms with Crippen molar-refractivity contribution in [2.75, 3.05) is 0 Å². The molecule has 0 spiro atoms. The maximum Gasteiger partial charge on any atom is 0.186 e. The number of aryl methyl sites for hydroxylation is 2. The summed E-state index contributed by atoms with van der Waals surface area (Å²) in [6.07, 6.45) is 28.3. The largest absolute Gasteiger partial charge is 0.356 e. The Morgan fingerprint density at radius 2 is 0.769 bits per heavy atom. The van der Waals surface area contributed by atoms with E-state index in [-0.39, 0.29) is 18.0 Å². The highest BCUT2D eigenvalue weighted by Crippen LogP contribution is 2.16. The van der Waals surface area contributed by atoms with Crippen LogP contribution in [0.1, 0.15) is 181 Å². The van der Waals surface area contributed by atoms with Gasteiger partial charge in [-0.2, -0.15) is 0 Å². The van der Waals surface area contributed by atoms with E-state index in [0.29, 0.717) is 11.4 Å². The summed E-state index contributed by atoms with van der Waals surface area (Å²) in [7, 11) is 0. The molecule has 0 aliphatic carbocycles. The van der Waals surface area contributed by atoms with Crippen molar-refractivity contribution >= 4 is 11.6 Å². The number of carbonyl (C=O) groups is 2. The van der Waals surface area contributed by atoms with Gasteiger partial charge in [0.05, 0.1) is 17.8 Å². The zero-order valence-corrected chi connectivity index (χ0v) is 25.4. The van der Waals surface area contributed by atoms with E-state index in [1.165, 1.54) is 116 Å². The van der Waals surface area contributed by atoms with Crippen LogP contribution in [0.4, 0.5) is 0 Å². The van der Waals surface area contributed by atoms with Gasteiger partial charge in [-0.15, -0.1) is 0 Å². The number of hydrogen-bond donors (Lipinski definition) is 2. The minimum absolute atomic E-state index is 0.0869. The van der Waals surface area contributed by atoms with Crippen LogP contribution >= 0.6 is 0 Å². The SMILES string of the molecule is CCCCCCCCCCCCc1ccc(C(=O)CC(=O)c2ccc(CCCCCCCCCCCC)[nH]2)[nH]1. The Kier molecular flexibility index (Phi) is 18.4. The summed E-state index contributed by atoms with van der Waals surface area (Å²) >= 11 is 0. The first-order chi connectivity index (χ1) is 19.1. The van der Waals surface area contributed by atoms with E-state index in [0.717, 1.165) is 37.1 Å². The van der Waals surface area contributed by atoms with E-state index in [1.807, 2.05) is 24.3 Å². The predicted octanol–water partition coefficient (Wildman–Crippen LogP) is 10.7. The van der Waals surface area contributed by atoms with Gasteiger partial charge in [0, 0.05) is 11.4 Å². The first-order valence-corrected chi connectivity index (χ1v) is 16.6. The van der Waals surface area contributed by atoms with Crippen LogP contribution in [-0.4, -0.2) is 21.5 Å². The van der Waals surface area contributed by atoms with E-state index < -0.39 is 0 Å². The summed E-state index contributed by atoms with van der Waals surface area (Å²) in [5, 5.41) is 0. The average Bonchev–Trinajstić information content (AvgIpc) is 3.61. The number of Topliss-reactive ketones (excluding diaryl/α,β-unsaturated/α-hetero) is 2. The Bertz CT molecular complexity index is 822. The van der Waals surface area contributed by atoms with Crippen LogP contribution < -0.4 is 0 Å². The molecular weight excluding hydrogens is 480 g/mol. The van der Waals surface area contributed by atoms with Crippen molar-refractivity contribution in [1.82, 2.24) is 9.97 Å². The summed E-state index contributed by atoms with van der Waals surface area (Å²) in [6, 6.07) is 7.69. The van der Waals surface area contributed by atoms with Crippen LogP contribution in [0.5, 0.6) is 0 Å². The minimum atomic E-state index is -0.125. The normalized spacial score (nSPS) is 11.3. The molecule has 0 atom stereocenters.